The third kappa shape index (κ3) is 34.4. The van der Waals surface area contributed by atoms with Crippen LogP contribution in [0.15, 0.2) is 12.5 Å². The predicted octanol–water partition coefficient (Wildman–Crippen LogP) is -8.44. The summed E-state index contributed by atoms with van der Waals surface area (Å²) in [5.74, 6) is -22.4. The average molecular weight is 1540 g/mol. The van der Waals surface area contributed by atoms with Crippen LogP contribution in [0.3, 0.4) is 0 Å². The first-order chi connectivity index (χ1) is 49.7. The summed E-state index contributed by atoms with van der Waals surface area (Å²) in [4.78, 5) is 244. The number of aliphatic carboxylic acids is 2. The highest BCUT2D eigenvalue weighted by molar-refractivity contribution is 7.80. The minimum atomic E-state index is -1.81. The Morgan fingerprint density at radius 2 is 0.868 bits per heavy atom. The molecular weight excluding hydrogens is 1440 g/mol. The van der Waals surface area contributed by atoms with Crippen molar-refractivity contribution in [2.45, 2.75) is 211 Å². The van der Waals surface area contributed by atoms with Crippen LogP contribution in [0.1, 0.15) is 132 Å². The van der Waals surface area contributed by atoms with Crippen LogP contribution in [0.25, 0.3) is 0 Å². The van der Waals surface area contributed by atoms with Crippen LogP contribution in [0.5, 0.6) is 0 Å². The van der Waals surface area contributed by atoms with Crippen LogP contribution in [-0.2, 0) is 92.7 Å². The second-order valence-electron chi connectivity index (χ2n) is 26.0. The van der Waals surface area contributed by atoms with Gasteiger partial charge in [-0.25, -0.2) is 9.78 Å². The van der Waals surface area contributed by atoms with Gasteiger partial charge in [-0.2, -0.15) is 25.3 Å². The summed E-state index contributed by atoms with van der Waals surface area (Å²) in [6.07, 6.45) is -0.554. The Kier molecular flexibility index (Phi) is 43.0. The Hall–Kier alpha value is -9.75. The molecule has 106 heavy (non-hydrogen) atoms. The number of rotatable bonds is 52. The number of aliphatic hydroxyl groups excluding tert-OH is 1. The van der Waals surface area contributed by atoms with E-state index in [1.807, 2.05) is 0 Å². The molecule has 0 aliphatic carbocycles. The minimum Gasteiger partial charge on any atom is -0.481 e. The van der Waals surface area contributed by atoms with E-state index in [0.29, 0.717) is 6.42 Å². The summed E-state index contributed by atoms with van der Waals surface area (Å²) in [6, 6.07) is -20.1. The Morgan fingerprint density at radius 1 is 0.462 bits per heavy atom. The van der Waals surface area contributed by atoms with Gasteiger partial charge in [0.15, 0.2) is 0 Å². The topological polar surface area (TPSA) is 683 Å². The number of carbonyl (C=O) groups is 18. The zero-order chi connectivity index (χ0) is 80.8. The van der Waals surface area contributed by atoms with Gasteiger partial charge in [-0.3, -0.25) is 81.5 Å². The number of thiol groups is 2. The molecule has 0 unspecified atom stereocenters. The standard InChI is InChI=1S/C63H106N20O21S2/c1-9-31(8)50(62(102)75-36(15-18-46(89)90)55(95)79-40(25-105)58(98)82-49(30(6)7)63(103)104)83-59(99)41(26-106)78-53(93)34(12-10-11-19-64)73-54(94)35(14-17-43(67)86)74-60(100)47(28(2)3)81-61(101)48(29(4)5)80-56(96)37(20-32-22-69-27-71-32)77-57(97)39(24-84)72-45(88)23-70-52(92)38(21-44(68)87)76-51(91)33(65)13-16-42(66)85/h22,27-31,33-41,47-50,84,105-106H,9-21,23-26,64-65H2,1-8H3,(H2,66,85)(H2,67,86)(H2,68,87)(H,69,71)(H,70,92)(H,72,88)(H,73,94)(H,74,100)(H,75,102)(H,76,91)(H,77,97)(H,78,93)(H,79,95)(H,80,96)(H,81,101)(H,82,98)(H,83,99)(H,89,90)(H,103,104)/t31-,33-,34-,35-,36-,37-,38-,39-,40-,41-,47-,48-,49-,50-/m0/s1. The number of primary amides is 3. The SMILES string of the molecule is CC[C@H](C)[C@H](NC(=O)[C@H](CS)NC(=O)[C@H](CCCCN)NC(=O)[C@H](CCC(N)=O)NC(=O)[C@@H](NC(=O)[C@@H](NC(=O)[C@H](Cc1c[nH]cn1)NC(=O)[C@H](CO)NC(=O)CNC(=O)[C@H](CC(N)=O)NC(=O)[C@@H](N)CCC(N)=O)C(C)C)C(C)C)C(=O)N[C@@H](CCC(=O)O)C(=O)N[C@@H](CS)C(=O)N[C@H](C(=O)O)C(C)C. The molecule has 1 heterocycles. The number of amides is 16. The van der Waals surface area contributed by atoms with Gasteiger partial charge in [0, 0.05) is 43.4 Å². The van der Waals surface area contributed by atoms with Crippen LogP contribution in [-0.4, -0.2) is 241 Å². The molecule has 0 aromatic carbocycles. The Labute approximate surface area is 622 Å². The summed E-state index contributed by atoms with van der Waals surface area (Å²) in [5, 5.41) is 60.5. The fourth-order valence-electron chi connectivity index (χ4n) is 9.81. The largest absolute Gasteiger partial charge is 0.481 e. The number of carbonyl (C=O) groups excluding carboxylic acids is 16. The maximum Gasteiger partial charge on any atom is 0.326 e. The highest BCUT2D eigenvalue weighted by Crippen LogP contribution is 2.15. The fourth-order valence-corrected chi connectivity index (χ4v) is 10.3. The molecule has 14 atom stereocenters. The molecule has 41 nitrogen and oxygen atoms in total. The minimum absolute atomic E-state index is 0.135. The van der Waals surface area contributed by atoms with Gasteiger partial charge in [-0.15, -0.1) is 0 Å². The molecule has 16 amide bonds. The van der Waals surface area contributed by atoms with Crippen LogP contribution < -0.4 is 97.8 Å². The number of aliphatic hydroxyl groups is 1. The van der Waals surface area contributed by atoms with Crippen LogP contribution in [0, 0.1) is 23.7 Å². The third-order valence-corrected chi connectivity index (χ3v) is 17.0. The van der Waals surface area contributed by atoms with Gasteiger partial charge in [0.25, 0.3) is 0 Å². The summed E-state index contributed by atoms with van der Waals surface area (Å²) in [6.45, 7) is 10.5. The number of carboxylic acids is 2. The molecule has 0 spiro atoms. The van der Waals surface area contributed by atoms with Crippen molar-refractivity contribution in [3.8, 4) is 0 Å². The molecule has 0 aliphatic heterocycles. The molecule has 0 saturated carbocycles. The lowest BCUT2D eigenvalue weighted by molar-refractivity contribution is -0.143. The number of hydrogen-bond donors (Lipinski definition) is 24. The number of hydrogen-bond acceptors (Lipinski definition) is 24. The lowest BCUT2D eigenvalue weighted by atomic mass is 9.97. The predicted molar refractivity (Wildman–Crippen MR) is 383 cm³/mol. The Morgan fingerprint density at radius 3 is 1.31 bits per heavy atom. The Bertz CT molecular complexity index is 3200. The smallest absolute Gasteiger partial charge is 0.326 e. The number of carboxylic acid groups (broad SMARTS) is 2. The van der Waals surface area contributed by atoms with E-state index >= 15 is 0 Å². The highest BCUT2D eigenvalue weighted by Gasteiger charge is 2.39. The van der Waals surface area contributed by atoms with Crippen molar-refractivity contribution in [1.82, 2.24) is 79.1 Å². The highest BCUT2D eigenvalue weighted by atomic mass is 32.1. The molecule has 0 radical (unpaired) electrons. The van der Waals surface area contributed by atoms with Gasteiger partial charge in [-0.1, -0.05) is 61.8 Å². The van der Waals surface area contributed by atoms with Crippen molar-refractivity contribution in [2.24, 2.45) is 52.3 Å². The molecule has 596 valence electrons. The van der Waals surface area contributed by atoms with E-state index in [0.717, 1.165) is 0 Å². The van der Waals surface area contributed by atoms with Crippen molar-refractivity contribution < 1.29 is 102 Å². The molecule has 1 rings (SSSR count). The van der Waals surface area contributed by atoms with E-state index in [9.17, 15) is 102 Å². The molecule has 0 aliphatic rings. The fraction of sp³-hybridized carbons (Fsp3) is 0.667. The molecule has 27 N–H and O–H groups in total. The van der Waals surface area contributed by atoms with Crippen molar-refractivity contribution in [2.75, 3.05) is 31.2 Å². The van der Waals surface area contributed by atoms with E-state index in [4.69, 9.17) is 28.7 Å². The zero-order valence-electron chi connectivity index (χ0n) is 60.4. The van der Waals surface area contributed by atoms with Gasteiger partial charge in [0.05, 0.1) is 37.6 Å². The number of imidazole rings is 1. The van der Waals surface area contributed by atoms with Crippen molar-refractivity contribution in [1.29, 1.82) is 0 Å². The number of unbranched alkanes of at least 4 members (excludes halogenated alkanes) is 1. The average Bonchev–Trinajstić information content (AvgIpc) is 0.854. The summed E-state index contributed by atoms with van der Waals surface area (Å²) in [7, 11) is 0. The zero-order valence-corrected chi connectivity index (χ0v) is 62.2. The quantitative estimate of drug-likeness (QED) is 0.0213. The van der Waals surface area contributed by atoms with Gasteiger partial charge < -0.3 is 118 Å². The molecule has 1 aromatic heterocycles. The Balaban J connectivity index is 3.49. The first-order valence-electron chi connectivity index (χ1n) is 34.1. The lowest BCUT2D eigenvalue weighted by Gasteiger charge is -2.30. The van der Waals surface area contributed by atoms with E-state index in [1.165, 1.54) is 54.1 Å². The van der Waals surface area contributed by atoms with E-state index in [1.54, 1.807) is 13.8 Å². The van der Waals surface area contributed by atoms with Crippen LogP contribution >= 0.6 is 25.3 Å². The van der Waals surface area contributed by atoms with Gasteiger partial charge >= 0.3 is 11.9 Å². The molecule has 43 heteroatoms. The van der Waals surface area contributed by atoms with Crippen molar-refractivity contribution in [3.63, 3.8) is 0 Å². The van der Waals surface area contributed by atoms with Crippen LogP contribution in [0.4, 0.5) is 0 Å². The summed E-state index contributed by atoms with van der Waals surface area (Å²) >= 11 is 8.37. The molecule has 0 fully saturated rings. The van der Waals surface area contributed by atoms with Crippen molar-refractivity contribution in [3.05, 3.63) is 18.2 Å². The van der Waals surface area contributed by atoms with Gasteiger partial charge in [-0.05, 0) is 68.7 Å². The van der Waals surface area contributed by atoms with Crippen molar-refractivity contribution >= 4 is 132 Å². The normalized spacial score (nSPS) is 15.1. The number of H-pyrrole nitrogens is 1. The number of aromatic nitrogens is 2. The lowest BCUT2D eigenvalue weighted by Crippen LogP contribution is -2.62. The molecular formula is C63H106N20O21S2. The second kappa shape index (κ2) is 48.4. The number of nitrogens with zero attached hydrogens (tertiary/aromatic N) is 1. The van der Waals surface area contributed by atoms with E-state index < -0.39 is 260 Å². The monoisotopic (exact) mass is 1540 g/mol. The van der Waals surface area contributed by atoms with E-state index in [2.05, 4.69) is 104 Å². The van der Waals surface area contributed by atoms with Crippen LogP contribution in [0.2, 0.25) is 0 Å². The molecule has 0 saturated heterocycles. The summed E-state index contributed by atoms with van der Waals surface area (Å²) < 4.78 is 0. The van der Waals surface area contributed by atoms with Gasteiger partial charge in [0.2, 0.25) is 94.5 Å². The summed E-state index contributed by atoms with van der Waals surface area (Å²) in [5.41, 5.74) is 27.5. The third-order valence-electron chi connectivity index (χ3n) is 16.3. The second-order valence-corrected chi connectivity index (χ2v) is 26.7. The van der Waals surface area contributed by atoms with Gasteiger partial charge in [0.1, 0.15) is 72.5 Å². The molecule has 1 aromatic rings. The molecule has 0 bridgehead atoms. The number of aromatic amines is 1. The number of nitrogens with two attached hydrogens (primary N) is 5. The maximum atomic E-state index is 14.4. The maximum absolute atomic E-state index is 14.4. The van der Waals surface area contributed by atoms with E-state index in [-0.39, 0.29) is 56.5 Å². The first kappa shape index (κ1) is 94.3. The first-order valence-corrected chi connectivity index (χ1v) is 35.4. The number of nitrogens with one attached hydrogen (secondary N) is 14.